The van der Waals surface area contributed by atoms with Crippen molar-refractivity contribution in [1.82, 2.24) is 4.90 Å². The van der Waals surface area contributed by atoms with E-state index in [-0.39, 0.29) is 0 Å². The first-order valence-electron chi connectivity index (χ1n) is 7.37. The molecule has 1 aromatic heterocycles. The van der Waals surface area contributed by atoms with Crippen molar-refractivity contribution in [2.75, 3.05) is 25.5 Å². The Balaban J connectivity index is 1.56. The van der Waals surface area contributed by atoms with Gasteiger partial charge >= 0.3 is 0 Å². The third kappa shape index (κ3) is 3.22. The first kappa shape index (κ1) is 13.7. The molecule has 0 radical (unpaired) electrons. The second-order valence-electron chi connectivity index (χ2n) is 5.54. The molecule has 0 amide bonds. The molecule has 20 heavy (non-hydrogen) atoms. The van der Waals surface area contributed by atoms with Crippen LogP contribution in [-0.4, -0.2) is 31.1 Å². The lowest BCUT2D eigenvalue weighted by Crippen LogP contribution is -2.38. The van der Waals surface area contributed by atoms with Crippen molar-refractivity contribution < 1.29 is 0 Å². The van der Waals surface area contributed by atoms with E-state index in [0.717, 1.165) is 19.5 Å². The summed E-state index contributed by atoms with van der Waals surface area (Å²) in [6.07, 6.45) is 3.58. The maximum Gasteiger partial charge on any atom is 0.0373 e. The summed E-state index contributed by atoms with van der Waals surface area (Å²) in [5.74, 6) is 0. The zero-order chi connectivity index (χ0) is 13.8. The molecule has 2 heterocycles. The minimum absolute atomic E-state index is 0.627. The number of fused-ring (bicyclic) bond motifs is 1. The van der Waals surface area contributed by atoms with Gasteiger partial charge in [-0.25, -0.2) is 0 Å². The Morgan fingerprint density at radius 2 is 2.15 bits per heavy atom. The predicted molar refractivity (Wildman–Crippen MR) is 87.7 cm³/mol. The van der Waals surface area contributed by atoms with Crippen LogP contribution in [0.1, 0.15) is 16.9 Å². The number of anilines is 1. The van der Waals surface area contributed by atoms with Gasteiger partial charge in [0.1, 0.15) is 0 Å². The molecule has 3 heteroatoms. The summed E-state index contributed by atoms with van der Waals surface area (Å²) in [7, 11) is 2.26. The molecular weight excluding hydrogens is 264 g/mol. The molecule has 0 fully saturated rings. The molecule has 0 saturated carbocycles. The third-order valence-corrected chi connectivity index (χ3v) is 5.14. The van der Waals surface area contributed by atoms with Gasteiger partial charge in [0.2, 0.25) is 0 Å². The van der Waals surface area contributed by atoms with Crippen LogP contribution in [0.15, 0.2) is 41.8 Å². The van der Waals surface area contributed by atoms with Crippen LogP contribution >= 0.6 is 11.3 Å². The van der Waals surface area contributed by atoms with Crippen LogP contribution in [0, 0.1) is 0 Å². The largest absolute Gasteiger partial charge is 0.383 e. The highest BCUT2D eigenvalue weighted by Crippen LogP contribution is 2.22. The zero-order valence-corrected chi connectivity index (χ0v) is 12.8. The van der Waals surface area contributed by atoms with Gasteiger partial charge in [0.25, 0.3) is 0 Å². The van der Waals surface area contributed by atoms with Gasteiger partial charge < -0.3 is 10.2 Å². The topological polar surface area (TPSA) is 15.3 Å². The maximum absolute atomic E-state index is 3.61. The maximum atomic E-state index is 3.61. The Morgan fingerprint density at radius 1 is 1.25 bits per heavy atom. The van der Waals surface area contributed by atoms with E-state index in [9.17, 15) is 0 Å². The average Bonchev–Trinajstić information content (AvgIpc) is 2.90. The first-order valence-corrected chi connectivity index (χ1v) is 8.25. The van der Waals surface area contributed by atoms with Crippen molar-refractivity contribution in [3.05, 3.63) is 52.2 Å². The Hall–Kier alpha value is -1.32. The molecule has 1 unspecified atom stereocenters. The first-order chi connectivity index (χ1) is 9.83. The Bertz CT molecular complexity index is 509. The monoisotopic (exact) mass is 286 g/mol. The molecule has 1 atom stereocenters. The number of benzene rings is 1. The number of likely N-dealkylation sites (N-methyl/N-ethyl adjacent to an activating group) is 1. The standard InChI is InChI=1S/C17H22N2S/c1-19(11-10-16-6-4-12-20-16)15-9-8-14-5-2-3-7-17(14)18-13-15/h2-7,12,15,18H,8-11,13H2,1H3. The summed E-state index contributed by atoms with van der Waals surface area (Å²) in [6.45, 7) is 2.20. The molecule has 0 aliphatic carbocycles. The molecule has 0 bridgehead atoms. The molecular formula is C17H22N2S. The van der Waals surface area contributed by atoms with Gasteiger partial charge in [0, 0.05) is 29.7 Å². The number of hydrogen-bond donors (Lipinski definition) is 1. The summed E-state index contributed by atoms with van der Waals surface area (Å²) in [4.78, 5) is 4.00. The van der Waals surface area contributed by atoms with E-state index < -0.39 is 0 Å². The number of nitrogens with zero attached hydrogens (tertiary/aromatic N) is 1. The number of aryl methyl sites for hydroxylation is 1. The number of hydrogen-bond acceptors (Lipinski definition) is 3. The van der Waals surface area contributed by atoms with Crippen LogP contribution in [0.2, 0.25) is 0 Å². The molecule has 0 saturated heterocycles. The van der Waals surface area contributed by atoms with Crippen molar-refractivity contribution in [1.29, 1.82) is 0 Å². The van der Waals surface area contributed by atoms with Crippen molar-refractivity contribution in [3.8, 4) is 0 Å². The van der Waals surface area contributed by atoms with Crippen molar-refractivity contribution in [2.24, 2.45) is 0 Å². The molecule has 3 rings (SSSR count). The minimum Gasteiger partial charge on any atom is -0.383 e. The predicted octanol–water partition coefficient (Wildman–Crippen LogP) is 3.65. The van der Waals surface area contributed by atoms with Crippen molar-refractivity contribution >= 4 is 17.0 Å². The van der Waals surface area contributed by atoms with Gasteiger partial charge in [-0.3, -0.25) is 0 Å². The fourth-order valence-electron chi connectivity index (χ4n) is 2.86. The normalized spacial score (nSPS) is 18.4. The van der Waals surface area contributed by atoms with Crippen LogP contribution in [0.5, 0.6) is 0 Å². The highest BCUT2D eigenvalue weighted by Gasteiger charge is 2.18. The second kappa shape index (κ2) is 6.42. The SMILES string of the molecule is CN(CCc1cccs1)C1CCc2ccccc2NC1. The molecule has 1 aliphatic heterocycles. The quantitative estimate of drug-likeness (QED) is 0.923. The van der Waals surface area contributed by atoms with Crippen LogP contribution in [0.25, 0.3) is 0 Å². The van der Waals surface area contributed by atoms with E-state index in [4.69, 9.17) is 0 Å². The molecule has 1 aromatic carbocycles. The van der Waals surface area contributed by atoms with Crippen LogP contribution in [-0.2, 0) is 12.8 Å². The molecule has 0 spiro atoms. The number of thiophene rings is 1. The molecule has 2 nitrogen and oxygen atoms in total. The Labute approximate surface area is 125 Å². The summed E-state index contributed by atoms with van der Waals surface area (Å²) in [6, 6.07) is 13.7. The Morgan fingerprint density at radius 3 is 3.00 bits per heavy atom. The van der Waals surface area contributed by atoms with E-state index in [2.05, 4.69) is 59.0 Å². The van der Waals surface area contributed by atoms with Crippen LogP contribution in [0.3, 0.4) is 0 Å². The van der Waals surface area contributed by atoms with E-state index in [1.165, 1.54) is 29.0 Å². The van der Waals surface area contributed by atoms with Gasteiger partial charge in [-0.2, -0.15) is 0 Å². The summed E-state index contributed by atoms with van der Waals surface area (Å²) in [5.41, 5.74) is 2.78. The van der Waals surface area contributed by atoms with Crippen molar-refractivity contribution in [2.45, 2.75) is 25.3 Å². The minimum atomic E-state index is 0.627. The van der Waals surface area contributed by atoms with Gasteiger partial charge in [-0.15, -0.1) is 11.3 Å². The lowest BCUT2D eigenvalue weighted by atomic mass is 10.1. The van der Waals surface area contributed by atoms with E-state index in [1.54, 1.807) is 0 Å². The highest BCUT2D eigenvalue weighted by molar-refractivity contribution is 7.09. The van der Waals surface area contributed by atoms with Gasteiger partial charge in [-0.1, -0.05) is 24.3 Å². The lowest BCUT2D eigenvalue weighted by Gasteiger charge is -2.26. The zero-order valence-electron chi connectivity index (χ0n) is 12.0. The second-order valence-corrected chi connectivity index (χ2v) is 6.57. The van der Waals surface area contributed by atoms with Gasteiger partial charge in [-0.05, 0) is 49.4 Å². The lowest BCUT2D eigenvalue weighted by molar-refractivity contribution is 0.245. The summed E-state index contributed by atoms with van der Waals surface area (Å²) < 4.78 is 0. The number of nitrogens with one attached hydrogen (secondary N) is 1. The van der Waals surface area contributed by atoms with E-state index in [0.29, 0.717) is 6.04 Å². The van der Waals surface area contributed by atoms with Crippen LogP contribution in [0.4, 0.5) is 5.69 Å². The van der Waals surface area contributed by atoms with E-state index in [1.807, 2.05) is 11.3 Å². The summed E-state index contributed by atoms with van der Waals surface area (Å²) >= 11 is 1.86. The molecule has 2 aromatic rings. The highest BCUT2D eigenvalue weighted by atomic mass is 32.1. The molecule has 1 N–H and O–H groups in total. The van der Waals surface area contributed by atoms with Gasteiger partial charge in [0.05, 0.1) is 0 Å². The number of rotatable bonds is 4. The van der Waals surface area contributed by atoms with Crippen LogP contribution < -0.4 is 5.32 Å². The fraction of sp³-hybridized carbons (Fsp3) is 0.412. The average molecular weight is 286 g/mol. The third-order valence-electron chi connectivity index (χ3n) is 4.21. The van der Waals surface area contributed by atoms with Gasteiger partial charge in [0.15, 0.2) is 0 Å². The molecule has 1 aliphatic rings. The smallest absolute Gasteiger partial charge is 0.0373 e. The molecule has 106 valence electrons. The summed E-state index contributed by atoms with van der Waals surface area (Å²) in [5, 5.41) is 5.78. The van der Waals surface area contributed by atoms with E-state index >= 15 is 0 Å². The fourth-order valence-corrected chi connectivity index (χ4v) is 3.56. The Kier molecular flexibility index (Phi) is 4.38. The van der Waals surface area contributed by atoms with Crippen molar-refractivity contribution in [3.63, 3.8) is 0 Å². The number of para-hydroxylation sites is 1.